The quantitative estimate of drug-likeness (QED) is 0.166. The zero-order chi connectivity index (χ0) is 26.6. The number of aryl methyl sites for hydroxylation is 4. The maximum Gasteiger partial charge on any atom is 4.00 e. The monoisotopic (exact) mass is 660 g/mol. The molecule has 212 valence electrons. The van der Waals surface area contributed by atoms with Crippen LogP contribution in [0.5, 0.6) is 0 Å². The summed E-state index contributed by atoms with van der Waals surface area (Å²) in [4.78, 5) is 0. The van der Waals surface area contributed by atoms with Crippen LogP contribution < -0.4 is 58.0 Å². The molecule has 0 aromatic heterocycles. The Morgan fingerprint density at radius 1 is 0.550 bits per heavy atom. The predicted molar refractivity (Wildman–Crippen MR) is 165 cm³/mol. The fourth-order valence-electron chi connectivity index (χ4n) is 6.56. The Morgan fingerprint density at radius 2 is 0.900 bits per heavy atom. The summed E-state index contributed by atoms with van der Waals surface area (Å²) in [6.45, 7) is 25.7. The van der Waals surface area contributed by atoms with Crippen molar-refractivity contribution in [3.05, 3.63) is 106 Å². The summed E-state index contributed by atoms with van der Waals surface area (Å²) in [6.07, 6.45) is 4.10. The summed E-state index contributed by atoms with van der Waals surface area (Å²) in [5, 5.41) is 5.79. The van der Waals surface area contributed by atoms with E-state index in [1.54, 1.807) is 0 Å². The molecule has 0 saturated heterocycles. The van der Waals surface area contributed by atoms with Crippen molar-refractivity contribution in [2.24, 2.45) is 0 Å². The van der Waals surface area contributed by atoms with Gasteiger partial charge in [0.25, 0.3) is 0 Å². The van der Waals surface area contributed by atoms with Gasteiger partial charge in [-0.15, -0.1) is 6.92 Å². The predicted octanol–water partition coefficient (Wildman–Crippen LogP) is -2.20. The summed E-state index contributed by atoms with van der Waals surface area (Å²) in [5.41, 5.74) is 9.54. The minimum atomic E-state index is -2.64. The Hall–Kier alpha value is -0.842. The van der Waals surface area contributed by atoms with Gasteiger partial charge in [0.15, 0.2) is 0 Å². The Morgan fingerprint density at radius 3 is 1.20 bits per heavy atom. The molecule has 0 amide bonds. The van der Waals surface area contributed by atoms with Gasteiger partial charge in [0.05, 0.1) is 8.07 Å². The Bertz CT molecular complexity index is 1310. The van der Waals surface area contributed by atoms with Gasteiger partial charge >= 0.3 is 21.7 Å². The summed E-state index contributed by atoms with van der Waals surface area (Å²) in [6, 6.07) is 24.4. The largest absolute Gasteiger partial charge is 4.00 e. The SMILES string of the molecule is CC1=[C-]C(C)([Si](c2ccc([Si](C)(C)C)cc2)(c2cc(C)cc(C)c2)c2cc(C)cc(C)c2)C(C)=C1C.[Cl-].[Cl-].[Cl-].[Ti+4]. The molecule has 3 aromatic carbocycles. The number of halogens is 3. The van der Waals surface area contributed by atoms with Gasteiger partial charge in [0, 0.05) is 0 Å². The van der Waals surface area contributed by atoms with E-state index in [0.29, 0.717) is 0 Å². The average molecular weight is 662 g/mol. The van der Waals surface area contributed by atoms with Crippen LogP contribution in [0.2, 0.25) is 24.7 Å². The van der Waals surface area contributed by atoms with E-state index < -0.39 is 16.1 Å². The first-order valence-corrected chi connectivity index (χ1v) is 18.8. The smallest absolute Gasteiger partial charge is 1.00 e. The van der Waals surface area contributed by atoms with Gasteiger partial charge in [-0.05, 0) is 43.3 Å². The number of hydrogen-bond donors (Lipinski definition) is 0. The van der Waals surface area contributed by atoms with Crippen molar-refractivity contribution < 1.29 is 58.9 Å². The molecular formula is C34H43Cl3Si2Ti. The van der Waals surface area contributed by atoms with Crippen LogP contribution in [-0.2, 0) is 21.7 Å². The standard InChI is InChI=1S/C34H43Si2.3ClH.Ti/c1-23-16-24(2)19-32(18-23)36(33-20-25(3)17-26(4)21-33,34(8)22-27(5)28(6)29(34)7)31-14-12-30(13-15-31)35(9,10)11;;;;/h12-21H,1-11H3;3*1H;/q-1;;;;+4/p-3. The van der Waals surface area contributed by atoms with E-state index >= 15 is 0 Å². The van der Waals surface area contributed by atoms with E-state index in [0.717, 1.165) is 0 Å². The molecule has 4 rings (SSSR count). The third-order valence-corrected chi connectivity index (χ3v) is 16.1. The first-order valence-electron chi connectivity index (χ1n) is 13.3. The third-order valence-electron chi connectivity index (χ3n) is 8.56. The van der Waals surface area contributed by atoms with Crippen LogP contribution in [0.3, 0.4) is 0 Å². The molecule has 1 aliphatic rings. The maximum absolute atomic E-state index is 4.10. The summed E-state index contributed by atoms with van der Waals surface area (Å²) < 4.78 is 0. The van der Waals surface area contributed by atoms with Crippen LogP contribution in [0.1, 0.15) is 49.9 Å². The fraction of sp³-hybridized carbons (Fsp3) is 0.353. The van der Waals surface area contributed by atoms with Gasteiger partial charge in [0.1, 0.15) is 8.07 Å². The molecule has 3 aromatic rings. The number of benzene rings is 3. The van der Waals surface area contributed by atoms with Crippen molar-refractivity contribution in [1.82, 2.24) is 0 Å². The molecule has 1 unspecified atom stereocenters. The van der Waals surface area contributed by atoms with Crippen LogP contribution in [0.25, 0.3) is 0 Å². The zero-order valence-electron chi connectivity index (χ0n) is 25.9. The van der Waals surface area contributed by atoms with E-state index in [4.69, 9.17) is 0 Å². The van der Waals surface area contributed by atoms with Crippen molar-refractivity contribution >= 4 is 36.9 Å². The minimum Gasteiger partial charge on any atom is -1.00 e. The second-order valence-corrected chi connectivity index (χ2v) is 21.8. The van der Waals surface area contributed by atoms with Crippen molar-refractivity contribution in [2.75, 3.05) is 0 Å². The Balaban J connectivity index is 0.00000380. The Kier molecular flexibility index (Phi) is 13.8. The van der Waals surface area contributed by atoms with Gasteiger partial charge in [-0.25, -0.2) is 5.57 Å². The molecule has 0 radical (unpaired) electrons. The molecule has 0 spiro atoms. The molecule has 0 N–H and O–H groups in total. The summed E-state index contributed by atoms with van der Waals surface area (Å²) in [7, 11) is -4.05. The molecule has 0 fully saturated rings. The zero-order valence-corrected chi connectivity index (χ0v) is 31.7. The molecule has 1 atom stereocenters. The molecule has 0 saturated carbocycles. The topological polar surface area (TPSA) is 0 Å². The molecule has 0 nitrogen and oxygen atoms in total. The first-order chi connectivity index (χ1) is 16.7. The van der Waals surface area contributed by atoms with Gasteiger partial charge in [-0.1, -0.05) is 134 Å². The van der Waals surface area contributed by atoms with Gasteiger partial charge in [-0.3, -0.25) is 6.08 Å². The molecule has 6 heteroatoms. The average Bonchev–Trinajstić information content (AvgIpc) is 2.96. The number of allylic oxidation sites excluding steroid dienone is 4. The molecule has 0 bridgehead atoms. The van der Waals surface area contributed by atoms with Crippen molar-refractivity contribution in [1.29, 1.82) is 0 Å². The Labute approximate surface area is 279 Å². The van der Waals surface area contributed by atoms with Crippen molar-refractivity contribution in [3.63, 3.8) is 0 Å². The van der Waals surface area contributed by atoms with Crippen molar-refractivity contribution in [2.45, 2.75) is 80.1 Å². The van der Waals surface area contributed by atoms with Crippen LogP contribution in [0.15, 0.2) is 77.4 Å². The van der Waals surface area contributed by atoms with E-state index in [-0.39, 0.29) is 64.0 Å². The van der Waals surface area contributed by atoms with E-state index in [9.17, 15) is 0 Å². The molecule has 40 heavy (non-hydrogen) atoms. The van der Waals surface area contributed by atoms with Crippen LogP contribution >= 0.6 is 0 Å². The molecule has 0 heterocycles. The number of rotatable bonds is 5. The molecular weight excluding hydrogens is 619 g/mol. The summed E-state index contributed by atoms with van der Waals surface area (Å²) in [5.74, 6) is 0. The fourth-order valence-corrected chi connectivity index (χ4v) is 14.0. The van der Waals surface area contributed by atoms with Gasteiger partial charge < -0.3 is 37.2 Å². The maximum atomic E-state index is 4.10. The van der Waals surface area contributed by atoms with E-state index in [1.165, 1.54) is 59.7 Å². The first kappa shape index (κ1) is 39.2. The van der Waals surface area contributed by atoms with E-state index in [1.807, 2.05) is 0 Å². The van der Waals surface area contributed by atoms with E-state index in [2.05, 4.69) is 142 Å². The normalized spacial score (nSPS) is 16.7. The molecule has 1 aliphatic carbocycles. The van der Waals surface area contributed by atoms with Crippen LogP contribution in [0.4, 0.5) is 0 Å². The van der Waals surface area contributed by atoms with Gasteiger partial charge in [-0.2, -0.15) is 11.1 Å². The van der Waals surface area contributed by atoms with Gasteiger partial charge in [0.2, 0.25) is 0 Å². The third kappa shape index (κ3) is 6.70. The number of hydrogen-bond acceptors (Lipinski definition) is 0. The second-order valence-electron chi connectivity index (χ2n) is 12.5. The van der Waals surface area contributed by atoms with Crippen molar-refractivity contribution in [3.8, 4) is 0 Å². The van der Waals surface area contributed by atoms with Crippen LogP contribution in [-0.4, -0.2) is 16.1 Å². The van der Waals surface area contributed by atoms with Crippen LogP contribution in [0, 0.1) is 33.8 Å². The minimum absolute atomic E-state index is 0. The summed E-state index contributed by atoms with van der Waals surface area (Å²) >= 11 is 0. The molecule has 0 aliphatic heterocycles. The second kappa shape index (κ2) is 14.1.